The van der Waals surface area contributed by atoms with E-state index in [-0.39, 0.29) is 11.9 Å². The number of hydrogen-bond acceptors (Lipinski definition) is 4. The Bertz CT molecular complexity index is 500. The molecule has 0 fully saturated rings. The number of hydrogen-bond donors (Lipinski definition) is 0. The molecule has 0 radical (unpaired) electrons. The van der Waals surface area contributed by atoms with Crippen LogP contribution in [0, 0.1) is 0 Å². The van der Waals surface area contributed by atoms with Crippen LogP contribution in [-0.2, 0) is 13.7 Å². The Labute approximate surface area is 102 Å². The van der Waals surface area contributed by atoms with E-state index in [1.807, 2.05) is 7.05 Å². The van der Waals surface area contributed by atoms with Crippen molar-refractivity contribution in [3.63, 3.8) is 0 Å². The van der Waals surface area contributed by atoms with E-state index in [1.165, 1.54) is 6.20 Å². The molecule has 2 aromatic rings. The molecule has 7 heteroatoms. The Balaban J connectivity index is 2.04. The largest absolute Gasteiger partial charge is 0.485 e. The van der Waals surface area contributed by atoms with Crippen LogP contribution in [-0.4, -0.2) is 19.7 Å². The minimum Gasteiger partial charge on any atom is -0.485 e. The molecule has 0 unspecified atom stereocenters. The highest BCUT2D eigenvalue weighted by Gasteiger charge is 2.05. The molecule has 0 aromatic carbocycles. The van der Waals surface area contributed by atoms with Crippen LogP contribution in [0.25, 0.3) is 0 Å². The van der Waals surface area contributed by atoms with Crippen LogP contribution in [0.5, 0.6) is 5.75 Å². The van der Waals surface area contributed by atoms with Gasteiger partial charge in [-0.1, -0.05) is 11.6 Å². The van der Waals surface area contributed by atoms with E-state index in [9.17, 15) is 0 Å². The van der Waals surface area contributed by atoms with Crippen molar-refractivity contribution in [3.8, 4) is 5.75 Å². The third-order valence-electron chi connectivity index (χ3n) is 1.86. The van der Waals surface area contributed by atoms with Gasteiger partial charge in [0, 0.05) is 18.8 Å². The SMILES string of the molecule is Cn1cc(OCc2cnc(Cl)nc2Cl)cn1. The highest BCUT2D eigenvalue weighted by atomic mass is 35.5. The van der Waals surface area contributed by atoms with Gasteiger partial charge in [-0.3, -0.25) is 4.68 Å². The van der Waals surface area contributed by atoms with Crippen molar-refractivity contribution in [2.24, 2.45) is 7.05 Å². The van der Waals surface area contributed by atoms with Gasteiger partial charge in [0.15, 0.2) is 5.75 Å². The number of aromatic nitrogens is 4. The second-order valence-electron chi connectivity index (χ2n) is 3.09. The van der Waals surface area contributed by atoms with Crippen LogP contribution in [0.4, 0.5) is 0 Å². The number of rotatable bonds is 3. The van der Waals surface area contributed by atoms with Gasteiger partial charge in [0.2, 0.25) is 5.28 Å². The molecular formula is C9H8Cl2N4O. The van der Waals surface area contributed by atoms with Crippen molar-refractivity contribution >= 4 is 23.2 Å². The number of halogens is 2. The van der Waals surface area contributed by atoms with Crippen molar-refractivity contribution in [2.45, 2.75) is 6.61 Å². The molecule has 2 aromatic heterocycles. The van der Waals surface area contributed by atoms with E-state index < -0.39 is 0 Å². The zero-order chi connectivity index (χ0) is 11.5. The summed E-state index contributed by atoms with van der Waals surface area (Å²) < 4.78 is 7.09. The lowest BCUT2D eigenvalue weighted by atomic mass is 10.4. The fraction of sp³-hybridized carbons (Fsp3) is 0.222. The third kappa shape index (κ3) is 2.62. The maximum absolute atomic E-state index is 5.86. The Hall–Kier alpha value is -1.33. The van der Waals surface area contributed by atoms with Crippen LogP contribution in [0.1, 0.15) is 5.56 Å². The quantitative estimate of drug-likeness (QED) is 0.625. The molecule has 0 aliphatic rings. The van der Waals surface area contributed by atoms with Gasteiger partial charge in [-0.05, 0) is 11.6 Å². The van der Waals surface area contributed by atoms with Crippen LogP contribution < -0.4 is 4.74 Å². The molecule has 0 spiro atoms. The summed E-state index contributed by atoms with van der Waals surface area (Å²) in [6.45, 7) is 0.279. The van der Waals surface area contributed by atoms with Crippen LogP contribution in [0.2, 0.25) is 10.4 Å². The molecule has 0 bridgehead atoms. The highest BCUT2D eigenvalue weighted by molar-refractivity contribution is 6.32. The summed E-state index contributed by atoms with van der Waals surface area (Å²) >= 11 is 11.4. The molecule has 84 valence electrons. The molecule has 2 heterocycles. The van der Waals surface area contributed by atoms with Gasteiger partial charge in [-0.25, -0.2) is 9.97 Å². The lowest BCUT2D eigenvalue weighted by molar-refractivity contribution is 0.305. The molecule has 0 aliphatic heterocycles. The summed E-state index contributed by atoms with van der Waals surface area (Å²) in [5.74, 6) is 0.661. The molecule has 0 amide bonds. The van der Waals surface area contributed by atoms with Gasteiger partial charge < -0.3 is 4.74 Å². The monoisotopic (exact) mass is 258 g/mol. The van der Waals surface area contributed by atoms with Crippen molar-refractivity contribution < 1.29 is 4.74 Å². The third-order valence-corrected chi connectivity index (χ3v) is 2.37. The van der Waals surface area contributed by atoms with Crippen molar-refractivity contribution in [1.82, 2.24) is 19.7 Å². The highest BCUT2D eigenvalue weighted by Crippen LogP contribution is 2.17. The van der Waals surface area contributed by atoms with E-state index in [4.69, 9.17) is 27.9 Å². The lowest BCUT2D eigenvalue weighted by Gasteiger charge is -2.04. The second-order valence-corrected chi connectivity index (χ2v) is 3.79. The van der Waals surface area contributed by atoms with Crippen molar-refractivity contribution in [2.75, 3.05) is 0 Å². The van der Waals surface area contributed by atoms with E-state index in [1.54, 1.807) is 17.1 Å². The van der Waals surface area contributed by atoms with Gasteiger partial charge in [-0.15, -0.1) is 0 Å². The van der Waals surface area contributed by atoms with Crippen LogP contribution >= 0.6 is 23.2 Å². The smallest absolute Gasteiger partial charge is 0.223 e. The Morgan fingerprint density at radius 1 is 1.38 bits per heavy atom. The average Bonchev–Trinajstić information content (AvgIpc) is 2.63. The molecule has 2 rings (SSSR count). The summed E-state index contributed by atoms with van der Waals surface area (Å²) in [6.07, 6.45) is 4.91. The molecule has 0 saturated heterocycles. The normalized spacial score (nSPS) is 10.4. The van der Waals surface area contributed by atoms with E-state index in [0.717, 1.165) is 0 Å². The maximum Gasteiger partial charge on any atom is 0.223 e. The molecule has 0 saturated carbocycles. The molecule has 5 nitrogen and oxygen atoms in total. The summed E-state index contributed by atoms with van der Waals surface area (Å²) in [6, 6.07) is 0. The Morgan fingerprint density at radius 2 is 2.19 bits per heavy atom. The van der Waals surface area contributed by atoms with Gasteiger partial charge in [0.05, 0.1) is 12.4 Å². The fourth-order valence-corrected chi connectivity index (χ4v) is 1.46. The van der Waals surface area contributed by atoms with Crippen LogP contribution in [0.3, 0.4) is 0 Å². The van der Waals surface area contributed by atoms with Crippen LogP contribution in [0.15, 0.2) is 18.6 Å². The molecular weight excluding hydrogens is 251 g/mol. The number of nitrogens with zero attached hydrogens (tertiary/aromatic N) is 4. The minimum atomic E-state index is 0.120. The van der Waals surface area contributed by atoms with E-state index in [0.29, 0.717) is 16.5 Å². The minimum absolute atomic E-state index is 0.120. The maximum atomic E-state index is 5.86. The zero-order valence-corrected chi connectivity index (χ0v) is 9.90. The van der Waals surface area contributed by atoms with Gasteiger partial charge in [0.25, 0.3) is 0 Å². The molecule has 16 heavy (non-hydrogen) atoms. The predicted octanol–water partition coefficient (Wildman–Crippen LogP) is 2.10. The predicted molar refractivity (Wildman–Crippen MR) is 59.6 cm³/mol. The number of ether oxygens (including phenoxy) is 1. The topological polar surface area (TPSA) is 52.8 Å². The van der Waals surface area contributed by atoms with Crippen molar-refractivity contribution in [3.05, 3.63) is 34.6 Å². The molecule has 0 N–H and O–H groups in total. The first-order valence-corrected chi connectivity index (χ1v) is 5.19. The first-order chi connectivity index (χ1) is 7.65. The Kier molecular flexibility index (Phi) is 3.26. The first-order valence-electron chi connectivity index (χ1n) is 4.43. The van der Waals surface area contributed by atoms with E-state index >= 15 is 0 Å². The van der Waals surface area contributed by atoms with E-state index in [2.05, 4.69) is 15.1 Å². The first kappa shape index (κ1) is 11.2. The Morgan fingerprint density at radius 3 is 2.81 bits per heavy atom. The standard InChI is InChI=1S/C9H8Cl2N4O/c1-15-4-7(3-13-15)16-5-6-2-12-9(11)14-8(6)10/h2-4H,5H2,1H3. The summed E-state index contributed by atoms with van der Waals surface area (Å²) in [4.78, 5) is 7.64. The molecule has 0 aliphatic carbocycles. The summed E-state index contributed by atoms with van der Waals surface area (Å²) in [5.41, 5.74) is 0.676. The van der Waals surface area contributed by atoms with Gasteiger partial charge in [0.1, 0.15) is 11.8 Å². The second kappa shape index (κ2) is 4.67. The zero-order valence-electron chi connectivity index (χ0n) is 8.39. The fourth-order valence-electron chi connectivity index (χ4n) is 1.10. The number of aryl methyl sites for hydroxylation is 1. The lowest BCUT2D eigenvalue weighted by Crippen LogP contribution is -1.98. The van der Waals surface area contributed by atoms with Crippen molar-refractivity contribution in [1.29, 1.82) is 0 Å². The average molecular weight is 259 g/mol. The summed E-state index contributed by atoms with van der Waals surface area (Å²) in [5, 5.41) is 4.39. The van der Waals surface area contributed by atoms with Gasteiger partial charge >= 0.3 is 0 Å². The van der Waals surface area contributed by atoms with Gasteiger partial charge in [-0.2, -0.15) is 5.10 Å². The summed E-state index contributed by atoms with van der Waals surface area (Å²) in [7, 11) is 1.81. The molecule has 0 atom stereocenters.